The van der Waals surface area contributed by atoms with E-state index in [2.05, 4.69) is 20.9 Å². The van der Waals surface area contributed by atoms with Crippen molar-refractivity contribution in [3.8, 4) is 17.0 Å². The van der Waals surface area contributed by atoms with Crippen LogP contribution in [-0.4, -0.2) is 21.5 Å². The molecular weight excluding hydrogens is 358 g/mol. The molecule has 3 heterocycles. The van der Waals surface area contributed by atoms with E-state index in [1.54, 1.807) is 13.2 Å². The van der Waals surface area contributed by atoms with Gasteiger partial charge in [0.1, 0.15) is 21.7 Å². The van der Waals surface area contributed by atoms with E-state index in [9.17, 15) is 4.79 Å². The molecule has 0 aliphatic rings. The zero-order chi connectivity index (χ0) is 16.0. The molecule has 0 unspecified atom stereocenters. The number of nitrogens with one attached hydrogen (secondary N) is 1. The number of fused-ring (bicyclic) bond motifs is 2. The second-order valence-electron chi connectivity index (χ2n) is 5.11. The van der Waals surface area contributed by atoms with Crippen molar-refractivity contribution >= 4 is 32.5 Å². The van der Waals surface area contributed by atoms with E-state index in [1.165, 1.54) is 6.07 Å². The molecule has 4 rings (SSSR count). The van der Waals surface area contributed by atoms with E-state index in [0.29, 0.717) is 11.3 Å². The first-order chi connectivity index (χ1) is 11.2. The summed E-state index contributed by atoms with van der Waals surface area (Å²) in [6.45, 7) is 0. The van der Waals surface area contributed by atoms with Crippen LogP contribution in [0.3, 0.4) is 0 Å². The number of benzene rings is 1. The van der Waals surface area contributed by atoms with Gasteiger partial charge in [-0.05, 0) is 46.3 Å². The van der Waals surface area contributed by atoms with E-state index in [4.69, 9.17) is 9.72 Å². The Morgan fingerprint density at radius 2 is 2.04 bits per heavy atom. The van der Waals surface area contributed by atoms with Gasteiger partial charge in [0.25, 0.3) is 0 Å². The van der Waals surface area contributed by atoms with Gasteiger partial charge in [-0.2, -0.15) is 0 Å². The number of nitrogens with zero attached hydrogens (tertiary/aromatic N) is 2. The summed E-state index contributed by atoms with van der Waals surface area (Å²) in [6, 6.07) is 12.9. The topological polar surface area (TPSA) is 59.4 Å². The number of imidazole rings is 1. The molecule has 0 aliphatic carbocycles. The molecule has 0 aliphatic heterocycles. The third-order valence-corrected chi connectivity index (χ3v) is 4.56. The molecule has 0 spiro atoms. The number of halogens is 1. The smallest absolute Gasteiger partial charge is 0.248 e. The molecule has 114 valence electrons. The fourth-order valence-corrected chi connectivity index (χ4v) is 3.34. The first-order valence-corrected chi connectivity index (χ1v) is 7.81. The Morgan fingerprint density at radius 1 is 1.17 bits per heavy atom. The molecule has 1 N–H and O–H groups in total. The lowest BCUT2D eigenvalue weighted by molar-refractivity contribution is 0.419. The standard InChI is InChI=1S/C17H12BrN3O2/c1-23-12-7-5-11(10-6-8-14(22)20-15(10)12)16-17(18)21-9-3-2-4-13(21)19-16/h2-9H,1H3,(H,20,22). The molecule has 23 heavy (non-hydrogen) atoms. The third-order valence-electron chi connectivity index (χ3n) is 3.80. The van der Waals surface area contributed by atoms with Gasteiger partial charge < -0.3 is 9.72 Å². The molecule has 0 saturated carbocycles. The molecule has 0 radical (unpaired) electrons. The van der Waals surface area contributed by atoms with Crippen LogP contribution >= 0.6 is 15.9 Å². The Labute approximate surface area is 139 Å². The maximum atomic E-state index is 11.7. The summed E-state index contributed by atoms with van der Waals surface area (Å²) in [6.07, 6.45) is 1.95. The highest BCUT2D eigenvalue weighted by Crippen LogP contribution is 2.36. The van der Waals surface area contributed by atoms with Crippen LogP contribution in [0.4, 0.5) is 0 Å². The van der Waals surface area contributed by atoms with Crippen LogP contribution in [0.1, 0.15) is 0 Å². The first-order valence-electron chi connectivity index (χ1n) is 7.02. The van der Waals surface area contributed by atoms with Gasteiger partial charge in [-0.1, -0.05) is 6.07 Å². The van der Waals surface area contributed by atoms with Crippen molar-refractivity contribution < 1.29 is 4.74 Å². The Kier molecular flexibility index (Phi) is 3.20. The zero-order valence-corrected chi connectivity index (χ0v) is 13.8. The summed E-state index contributed by atoms with van der Waals surface area (Å²) in [5, 5.41) is 0.882. The van der Waals surface area contributed by atoms with Crippen LogP contribution in [0.25, 0.3) is 27.8 Å². The van der Waals surface area contributed by atoms with Gasteiger partial charge in [0.05, 0.1) is 12.6 Å². The normalized spacial score (nSPS) is 11.2. The van der Waals surface area contributed by atoms with E-state index in [-0.39, 0.29) is 5.56 Å². The Morgan fingerprint density at radius 3 is 2.83 bits per heavy atom. The number of pyridine rings is 2. The van der Waals surface area contributed by atoms with Crippen molar-refractivity contribution in [2.45, 2.75) is 0 Å². The molecule has 6 heteroatoms. The predicted molar refractivity (Wildman–Crippen MR) is 93.0 cm³/mol. The highest BCUT2D eigenvalue weighted by atomic mass is 79.9. The summed E-state index contributed by atoms with van der Waals surface area (Å²) in [4.78, 5) is 19.2. The largest absolute Gasteiger partial charge is 0.495 e. The molecule has 1 aromatic carbocycles. The van der Waals surface area contributed by atoms with E-state index in [0.717, 1.165) is 26.9 Å². The minimum Gasteiger partial charge on any atom is -0.495 e. The van der Waals surface area contributed by atoms with Crippen LogP contribution in [-0.2, 0) is 0 Å². The van der Waals surface area contributed by atoms with Gasteiger partial charge in [-0.25, -0.2) is 4.98 Å². The third kappa shape index (κ3) is 2.14. The number of hydrogen-bond acceptors (Lipinski definition) is 3. The second-order valence-corrected chi connectivity index (χ2v) is 5.86. The fourth-order valence-electron chi connectivity index (χ4n) is 2.74. The maximum Gasteiger partial charge on any atom is 0.248 e. The number of H-pyrrole nitrogens is 1. The average Bonchev–Trinajstić information content (AvgIpc) is 2.91. The molecule has 3 aromatic heterocycles. The zero-order valence-electron chi connectivity index (χ0n) is 12.2. The number of aromatic amines is 1. The summed E-state index contributed by atoms with van der Waals surface area (Å²) in [7, 11) is 1.58. The lowest BCUT2D eigenvalue weighted by Crippen LogP contribution is -2.04. The number of hydrogen-bond donors (Lipinski definition) is 1. The van der Waals surface area contributed by atoms with Crippen LogP contribution in [0.15, 0.2) is 58.1 Å². The minimum absolute atomic E-state index is 0.165. The first kappa shape index (κ1) is 14.0. The van der Waals surface area contributed by atoms with Gasteiger partial charge in [0, 0.05) is 23.2 Å². The van der Waals surface area contributed by atoms with Gasteiger partial charge in [0.15, 0.2) is 0 Å². The Bertz CT molecular complexity index is 1100. The molecule has 0 saturated heterocycles. The lowest BCUT2D eigenvalue weighted by Gasteiger charge is -2.09. The number of rotatable bonds is 2. The summed E-state index contributed by atoms with van der Waals surface area (Å²) < 4.78 is 8.19. The molecule has 0 atom stereocenters. The van der Waals surface area contributed by atoms with Crippen LogP contribution in [0.5, 0.6) is 5.75 Å². The molecule has 0 bridgehead atoms. The van der Waals surface area contributed by atoms with Crippen molar-refractivity contribution in [2.75, 3.05) is 7.11 Å². The number of ether oxygens (including phenoxy) is 1. The van der Waals surface area contributed by atoms with Gasteiger partial charge in [-0.3, -0.25) is 9.20 Å². The maximum absolute atomic E-state index is 11.7. The average molecular weight is 370 g/mol. The van der Waals surface area contributed by atoms with Crippen molar-refractivity contribution in [3.05, 3.63) is 63.6 Å². The molecule has 5 nitrogen and oxygen atoms in total. The van der Waals surface area contributed by atoms with E-state index in [1.807, 2.05) is 40.9 Å². The van der Waals surface area contributed by atoms with Gasteiger partial charge in [-0.15, -0.1) is 0 Å². The number of aromatic nitrogens is 3. The predicted octanol–water partition coefficient (Wildman–Crippen LogP) is 3.61. The summed E-state index contributed by atoms with van der Waals surface area (Å²) in [5.74, 6) is 0.626. The van der Waals surface area contributed by atoms with Crippen LogP contribution in [0.2, 0.25) is 0 Å². The Hall–Kier alpha value is -2.60. The molecule has 0 amide bonds. The number of methoxy groups -OCH3 is 1. The second kappa shape index (κ2) is 5.24. The SMILES string of the molecule is COc1ccc(-c2nc3ccccn3c2Br)c2ccc(=O)[nH]c12. The van der Waals surface area contributed by atoms with Crippen LogP contribution < -0.4 is 10.3 Å². The van der Waals surface area contributed by atoms with E-state index >= 15 is 0 Å². The van der Waals surface area contributed by atoms with Crippen molar-refractivity contribution in [2.24, 2.45) is 0 Å². The monoisotopic (exact) mass is 369 g/mol. The Balaban J connectivity index is 2.09. The highest BCUT2D eigenvalue weighted by molar-refractivity contribution is 9.10. The van der Waals surface area contributed by atoms with Crippen molar-refractivity contribution in [1.82, 2.24) is 14.4 Å². The van der Waals surface area contributed by atoms with Crippen molar-refractivity contribution in [1.29, 1.82) is 0 Å². The fraction of sp³-hybridized carbons (Fsp3) is 0.0588. The van der Waals surface area contributed by atoms with Crippen LogP contribution in [0, 0.1) is 0 Å². The lowest BCUT2D eigenvalue weighted by atomic mass is 10.1. The minimum atomic E-state index is -0.165. The van der Waals surface area contributed by atoms with Crippen molar-refractivity contribution in [3.63, 3.8) is 0 Å². The quantitative estimate of drug-likeness (QED) is 0.587. The molecule has 0 fully saturated rings. The highest BCUT2D eigenvalue weighted by Gasteiger charge is 2.16. The summed E-state index contributed by atoms with van der Waals surface area (Å²) >= 11 is 3.62. The van der Waals surface area contributed by atoms with Gasteiger partial charge in [0.2, 0.25) is 5.56 Å². The molecular formula is C17H12BrN3O2. The molecule has 4 aromatic rings. The summed E-state index contributed by atoms with van der Waals surface area (Å²) in [5.41, 5.74) is 3.09. The van der Waals surface area contributed by atoms with Gasteiger partial charge >= 0.3 is 0 Å². The van der Waals surface area contributed by atoms with E-state index < -0.39 is 0 Å².